The zero-order valence-electron chi connectivity index (χ0n) is 24.5. The molecule has 0 bridgehead atoms. The number of amides is 1. The van der Waals surface area contributed by atoms with Crippen molar-refractivity contribution in [2.75, 3.05) is 11.9 Å². The number of benzene rings is 3. The van der Waals surface area contributed by atoms with Crippen LogP contribution in [0.4, 0.5) is 28.9 Å². The molecule has 7 N–H and O–H groups in total. The summed E-state index contributed by atoms with van der Waals surface area (Å²) in [5, 5.41) is 24.7. The Balaban J connectivity index is 0.000000617. The summed E-state index contributed by atoms with van der Waals surface area (Å²) in [5.74, 6) is -3.67. The summed E-state index contributed by atoms with van der Waals surface area (Å²) in [7, 11) is 0. The number of nitrogens with zero attached hydrogens (tertiary/aromatic N) is 1. The average Bonchev–Trinajstić information content (AvgIpc) is 3.47. The maximum Gasteiger partial charge on any atom is 0.490 e. The zero-order chi connectivity index (χ0) is 33.4. The first-order chi connectivity index (χ1) is 21.9. The third-order valence-corrected chi connectivity index (χ3v) is 7.13. The first kappa shape index (κ1) is 33.6. The number of aromatic nitrogens is 2. The van der Waals surface area contributed by atoms with Crippen LogP contribution in [-0.4, -0.2) is 44.8 Å². The van der Waals surface area contributed by atoms with Crippen LogP contribution in [0.2, 0.25) is 0 Å². The number of pyridine rings is 1. The zero-order valence-corrected chi connectivity index (χ0v) is 24.5. The minimum absolute atomic E-state index is 0.0236. The van der Waals surface area contributed by atoms with E-state index in [1.165, 1.54) is 18.3 Å². The number of carboxylic acids is 1. The summed E-state index contributed by atoms with van der Waals surface area (Å²) in [6.45, 7) is 2.60. The molecular weight excluding hydrogens is 606 g/mol. The van der Waals surface area contributed by atoms with Gasteiger partial charge in [-0.05, 0) is 65.1 Å². The number of aliphatic hydroxyl groups is 1. The van der Waals surface area contributed by atoms with Crippen LogP contribution >= 0.6 is 0 Å². The molecule has 240 valence electrons. The summed E-state index contributed by atoms with van der Waals surface area (Å²) in [5.41, 5.74) is 12.7. The van der Waals surface area contributed by atoms with Gasteiger partial charge in [-0.15, -0.1) is 0 Å². The lowest BCUT2D eigenvalue weighted by Crippen LogP contribution is -2.24. The normalized spacial score (nSPS) is 11.9. The molecular formula is C33H31F4N5O4. The van der Waals surface area contributed by atoms with E-state index in [9.17, 15) is 27.5 Å². The first-order valence-corrected chi connectivity index (χ1v) is 14.1. The molecule has 46 heavy (non-hydrogen) atoms. The number of aliphatic carboxylic acids is 1. The van der Waals surface area contributed by atoms with E-state index in [1.807, 2.05) is 48.5 Å². The number of carboxylic acid groups (broad SMARTS) is 1. The Morgan fingerprint density at radius 1 is 1.02 bits per heavy atom. The van der Waals surface area contributed by atoms with Crippen molar-refractivity contribution in [2.45, 2.75) is 32.1 Å². The number of alkyl halides is 3. The van der Waals surface area contributed by atoms with E-state index in [-0.39, 0.29) is 24.0 Å². The summed E-state index contributed by atoms with van der Waals surface area (Å²) < 4.78 is 45.2. The number of rotatable bonds is 10. The number of carbonyl (C=O) groups is 2. The number of H-pyrrole nitrogens is 1. The van der Waals surface area contributed by atoms with Crippen molar-refractivity contribution in [1.82, 2.24) is 15.3 Å². The van der Waals surface area contributed by atoms with Crippen molar-refractivity contribution in [1.29, 1.82) is 0 Å². The number of primary amides is 1. The quantitative estimate of drug-likeness (QED) is 0.0993. The number of aliphatic hydroxyl groups excluding tert-OH is 1. The van der Waals surface area contributed by atoms with Gasteiger partial charge in [0.05, 0.1) is 23.9 Å². The SMILES string of the molecule is CCc1c(CN[C@H](CO)c2ccccc2)cccc1Nc1c(C(N)=O)cnc2[nH]c(-c3ccc(F)cc3)cc12.O=C(O)C(F)(F)F. The van der Waals surface area contributed by atoms with Gasteiger partial charge in [-0.1, -0.05) is 49.4 Å². The molecule has 0 spiro atoms. The summed E-state index contributed by atoms with van der Waals surface area (Å²) in [6.07, 6.45) is -2.88. The third-order valence-electron chi connectivity index (χ3n) is 7.13. The highest BCUT2D eigenvalue weighted by atomic mass is 19.4. The number of nitrogens with one attached hydrogen (secondary N) is 3. The van der Waals surface area contributed by atoms with Crippen LogP contribution in [0.1, 0.15) is 40.0 Å². The number of carbonyl (C=O) groups excluding carboxylic acids is 1. The fraction of sp³-hybridized carbons (Fsp3) is 0.182. The van der Waals surface area contributed by atoms with Crippen molar-refractivity contribution in [3.05, 3.63) is 113 Å². The van der Waals surface area contributed by atoms with Crippen molar-refractivity contribution >= 4 is 34.3 Å². The lowest BCUT2D eigenvalue weighted by Gasteiger charge is -2.20. The molecule has 5 aromatic rings. The smallest absolute Gasteiger partial charge is 0.475 e. The van der Waals surface area contributed by atoms with Gasteiger partial charge in [0.15, 0.2) is 0 Å². The Kier molecular flexibility index (Phi) is 10.7. The number of hydrogen-bond acceptors (Lipinski definition) is 6. The van der Waals surface area contributed by atoms with E-state index in [2.05, 4.69) is 33.6 Å². The van der Waals surface area contributed by atoms with E-state index in [0.717, 1.165) is 40.1 Å². The molecule has 1 atom stereocenters. The number of halogens is 4. The number of hydrogen-bond donors (Lipinski definition) is 6. The lowest BCUT2D eigenvalue weighted by molar-refractivity contribution is -0.192. The van der Waals surface area contributed by atoms with Crippen molar-refractivity contribution in [3.8, 4) is 11.3 Å². The van der Waals surface area contributed by atoms with Crippen LogP contribution in [-0.2, 0) is 17.8 Å². The third kappa shape index (κ3) is 8.06. The molecule has 0 radical (unpaired) electrons. The molecule has 9 nitrogen and oxygen atoms in total. The molecule has 0 fully saturated rings. The van der Waals surface area contributed by atoms with Gasteiger partial charge < -0.3 is 31.6 Å². The van der Waals surface area contributed by atoms with Gasteiger partial charge in [-0.25, -0.2) is 14.2 Å². The molecule has 5 rings (SSSR count). The first-order valence-electron chi connectivity index (χ1n) is 14.1. The molecule has 2 heterocycles. The second-order valence-electron chi connectivity index (χ2n) is 10.1. The molecule has 0 saturated carbocycles. The predicted molar refractivity (Wildman–Crippen MR) is 166 cm³/mol. The monoisotopic (exact) mass is 637 g/mol. The second-order valence-corrected chi connectivity index (χ2v) is 10.1. The number of aromatic amines is 1. The maximum absolute atomic E-state index is 13.5. The maximum atomic E-state index is 13.5. The van der Waals surface area contributed by atoms with E-state index >= 15 is 0 Å². The van der Waals surface area contributed by atoms with E-state index in [1.54, 1.807) is 12.1 Å². The number of anilines is 2. The molecule has 2 aromatic heterocycles. The van der Waals surface area contributed by atoms with E-state index in [4.69, 9.17) is 15.6 Å². The largest absolute Gasteiger partial charge is 0.490 e. The highest BCUT2D eigenvalue weighted by Gasteiger charge is 2.38. The van der Waals surface area contributed by atoms with Gasteiger partial charge in [0, 0.05) is 29.5 Å². The van der Waals surface area contributed by atoms with E-state index < -0.39 is 18.1 Å². The molecule has 0 saturated heterocycles. The van der Waals surface area contributed by atoms with Crippen LogP contribution in [0.3, 0.4) is 0 Å². The van der Waals surface area contributed by atoms with Crippen LogP contribution in [0.5, 0.6) is 0 Å². The van der Waals surface area contributed by atoms with Crippen LogP contribution in [0.25, 0.3) is 22.3 Å². The van der Waals surface area contributed by atoms with Crippen molar-refractivity contribution < 1.29 is 37.4 Å². The Morgan fingerprint density at radius 3 is 2.28 bits per heavy atom. The predicted octanol–water partition coefficient (Wildman–Crippen LogP) is 6.23. The van der Waals surface area contributed by atoms with Crippen molar-refractivity contribution in [3.63, 3.8) is 0 Å². The van der Waals surface area contributed by atoms with Crippen LogP contribution < -0.4 is 16.4 Å². The topological polar surface area (TPSA) is 153 Å². The van der Waals surface area contributed by atoms with Gasteiger partial charge in [0.2, 0.25) is 0 Å². The number of fused-ring (bicyclic) bond motifs is 1. The van der Waals surface area contributed by atoms with Gasteiger partial charge in [-0.2, -0.15) is 13.2 Å². The Bertz CT molecular complexity index is 1810. The Morgan fingerprint density at radius 2 is 1.70 bits per heavy atom. The highest BCUT2D eigenvalue weighted by Crippen LogP contribution is 2.34. The molecule has 3 aromatic carbocycles. The van der Waals surface area contributed by atoms with Gasteiger partial charge >= 0.3 is 12.1 Å². The fourth-order valence-corrected chi connectivity index (χ4v) is 4.86. The fourth-order valence-electron chi connectivity index (χ4n) is 4.86. The van der Waals surface area contributed by atoms with Gasteiger partial charge in [0.1, 0.15) is 11.5 Å². The second kappa shape index (κ2) is 14.7. The Labute approximate surface area is 261 Å². The van der Waals surface area contributed by atoms with Crippen molar-refractivity contribution in [2.24, 2.45) is 5.73 Å². The minimum atomic E-state index is -5.08. The van der Waals surface area contributed by atoms with Crippen LogP contribution in [0, 0.1) is 5.82 Å². The molecule has 1 amide bonds. The molecule has 0 unspecified atom stereocenters. The van der Waals surface area contributed by atoms with Gasteiger partial charge in [-0.3, -0.25) is 4.79 Å². The average molecular weight is 638 g/mol. The van der Waals surface area contributed by atoms with Crippen LogP contribution in [0.15, 0.2) is 85.1 Å². The summed E-state index contributed by atoms with van der Waals surface area (Å²) in [6, 6.07) is 23.7. The molecule has 0 aliphatic rings. The minimum Gasteiger partial charge on any atom is -0.475 e. The van der Waals surface area contributed by atoms with Gasteiger partial charge in [0.25, 0.3) is 5.91 Å². The Hall–Kier alpha value is -5.27. The standard InChI is InChI=1S/C31H30FN5O2.C2HF3O2/c1-2-23-21(16-34-28(18-38)19-7-4-3-5-8-19)9-6-10-26(23)36-29-24-15-27(20-11-13-22(32)14-12-20)37-31(24)35-17-25(29)30(33)39;3-2(4,5)1(6)7/h3-15,17,28,34,38H,2,16,18H2,1H3,(H2,33,39)(H2,35,36,37);(H,6,7)/t28-;/m1./s1. The molecule has 0 aliphatic carbocycles. The highest BCUT2D eigenvalue weighted by molar-refractivity contribution is 6.08. The molecule has 0 aliphatic heterocycles. The lowest BCUT2D eigenvalue weighted by atomic mass is 10.0. The summed E-state index contributed by atoms with van der Waals surface area (Å²) >= 11 is 0. The summed E-state index contributed by atoms with van der Waals surface area (Å²) in [4.78, 5) is 29.0. The van der Waals surface area contributed by atoms with E-state index in [0.29, 0.717) is 23.3 Å². The number of nitrogens with two attached hydrogens (primary N) is 1. The molecule has 13 heteroatoms.